The topological polar surface area (TPSA) is 154 Å². The summed E-state index contributed by atoms with van der Waals surface area (Å²) < 4.78 is 29.0. The number of hydrogen-bond donors (Lipinski definition) is 4. The van der Waals surface area contributed by atoms with Gasteiger partial charge in [-0.15, -0.1) is 0 Å². The SMILES string of the molecule is Cc1ccc2c(c1)NC(=O)[C@H]2N(CC1CNC(=O)C1)C[C@@H](O)[C@H](Cc1ccccc1)NC(=O)O[C@H]1CCS(=O)(=O)C1. The summed E-state index contributed by atoms with van der Waals surface area (Å²) in [7, 11) is -3.24. The van der Waals surface area contributed by atoms with E-state index < -0.39 is 40.2 Å². The number of alkyl carbamates (subject to hydrolysis) is 1. The van der Waals surface area contributed by atoms with E-state index in [9.17, 15) is 27.9 Å². The summed E-state index contributed by atoms with van der Waals surface area (Å²) in [6, 6.07) is 13.6. The molecule has 2 aromatic rings. The molecule has 0 bridgehead atoms. The van der Waals surface area contributed by atoms with Crippen molar-refractivity contribution in [3.8, 4) is 0 Å². The number of nitrogens with zero attached hydrogens (tertiary/aromatic N) is 1. The smallest absolute Gasteiger partial charge is 0.407 e. The van der Waals surface area contributed by atoms with Crippen molar-refractivity contribution in [2.75, 3.05) is 36.5 Å². The molecule has 0 aliphatic carbocycles. The highest BCUT2D eigenvalue weighted by Crippen LogP contribution is 2.36. The first-order chi connectivity index (χ1) is 19.6. The van der Waals surface area contributed by atoms with Gasteiger partial charge in [-0.05, 0) is 42.9 Å². The van der Waals surface area contributed by atoms with E-state index in [2.05, 4.69) is 16.0 Å². The van der Waals surface area contributed by atoms with Crippen molar-refractivity contribution in [3.63, 3.8) is 0 Å². The van der Waals surface area contributed by atoms with Crippen molar-refractivity contribution in [3.05, 3.63) is 65.2 Å². The predicted molar refractivity (Wildman–Crippen MR) is 152 cm³/mol. The maximum Gasteiger partial charge on any atom is 0.407 e. The minimum absolute atomic E-state index is 0.0288. The van der Waals surface area contributed by atoms with Crippen molar-refractivity contribution in [2.45, 2.75) is 50.5 Å². The van der Waals surface area contributed by atoms with Crippen LogP contribution in [-0.4, -0.2) is 85.7 Å². The fourth-order valence-corrected chi connectivity index (χ4v) is 7.43. The molecule has 1 unspecified atom stereocenters. The summed E-state index contributed by atoms with van der Waals surface area (Å²) in [5.41, 5.74) is 3.38. The summed E-state index contributed by atoms with van der Waals surface area (Å²) in [6.45, 7) is 2.83. The number of amides is 3. The summed E-state index contributed by atoms with van der Waals surface area (Å²) in [5, 5.41) is 20.1. The van der Waals surface area contributed by atoms with Crippen molar-refractivity contribution < 1.29 is 32.6 Å². The summed E-state index contributed by atoms with van der Waals surface area (Å²) in [5.74, 6) is -0.568. The second-order valence-corrected chi connectivity index (χ2v) is 13.5. The Labute approximate surface area is 239 Å². The van der Waals surface area contributed by atoms with Gasteiger partial charge in [0.15, 0.2) is 9.84 Å². The highest BCUT2D eigenvalue weighted by molar-refractivity contribution is 7.91. The minimum Gasteiger partial charge on any atom is -0.445 e. The quantitative estimate of drug-likeness (QED) is 0.326. The van der Waals surface area contributed by atoms with Gasteiger partial charge in [0.25, 0.3) is 0 Å². The Morgan fingerprint density at radius 1 is 1.20 bits per heavy atom. The fraction of sp³-hybridized carbons (Fsp3) is 0.483. The molecule has 0 saturated carbocycles. The molecular weight excluding hydrogens is 548 g/mol. The number of aliphatic hydroxyl groups is 1. The van der Waals surface area contributed by atoms with Gasteiger partial charge >= 0.3 is 6.09 Å². The Morgan fingerprint density at radius 3 is 2.66 bits per heavy atom. The normalized spacial score (nSPS) is 24.4. The van der Waals surface area contributed by atoms with Crippen LogP contribution in [0.3, 0.4) is 0 Å². The van der Waals surface area contributed by atoms with Gasteiger partial charge in [-0.3, -0.25) is 14.5 Å². The third-order valence-corrected chi connectivity index (χ3v) is 9.62. The van der Waals surface area contributed by atoms with Crippen LogP contribution in [0.2, 0.25) is 0 Å². The number of anilines is 1. The zero-order chi connectivity index (χ0) is 29.1. The molecule has 5 rings (SSSR count). The Morgan fingerprint density at radius 2 is 1.98 bits per heavy atom. The molecule has 4 N–H and O–H groups in total. The van der Waals surface area contributed by atoms with Gasteiger partial charge in [-0.2, -0.15) is 0 Å². The average Bonchev–Trinajstić information content (AvgIpc) is 3.58. The molecule has 2 aromatic carbocycles. The molecule has 3 aliphatic rings. The van der Waals surface area contributed by atoms with E-state index in [4.69, 9.17) is 4.74 Å². The second kappa shape index (κ2) is 12.2. The number of fused-ring (bicyclic) bond motifs is 1. The largest absolute Gasteiger partial charge is 0.445 e. The molecule has 41 heavy (non-hydrogen) atoms. The zero-order valence-electron chi connectivity index (χ0n) is 22.9. The Balaban J connectivity index is 1.36. The lowest BCUT2D eigenvalue weighted by Crippen LogP contribution is -2.52. The number of aryl methyl sites for hydroxylation is 1. The molecule has 3 aliphatic heterocycles. The third kappa shape index (κ3) is 7.24. The predicted octanol–water partition coefficient (Wildman–Crippen LogP) is 1.31. The van der Waals surface area contributed by atoms with E-state index >= 15 is 0 Å². The number of sulfone groups is 1. The van der Waals surface area contributed by atoms with E-state index in [-0.39, 0.29) is 48.6 Å². The lowest BCUT2D eigenvalue weighted by molar-refractivity contribution is -0.121. The van der Waals surface area contributed by atoms with Crippen LogP contribution >= 0.6 is 0 Å². The number of hydrogen-bond acceptors (Lipinski definition) is 8. The van der Waals surface area contributed by atoms with Gasteiger partial charge < -0.3 is 25.8 Å². The maximum absolute atomic E-state index is 13.2. The number of carbonyl (C=O) groups is 3. The molecule has 220 valence electrons. The number of aliphatic hydroxyl groups excluding tert-OH is 1. The summed E-state index contributed by atoms with van der Waals surface area (Å²) >= 11 is 0. The lowest BCUT2D eigenvalue weighted by atomic mass is 9.98. The third-order valence-electron chi connectivity index (χ3n) is 7.88. The van der Waals surface area contributed by atoms with Crippen LogP contribution in [0, 0.1) is 12.8 Å². The number of nitrogens with one attached hydrogen (secondary N) is 3. The maximum atomic E-state index is 13.2. The van der Waals surface area contributed by atoms with Crippen LogP contribution in [0.5, 0.6) is 0 Å². The first kappa shape index (κ1) is 29.0. The standard InChI is InChI=1S/C29H36N4O7S/c1-18-7-8-22-23(11-18)31-28(36)27(22)33(15-20-13-26(35)30-14-20)16-25(34)24(12-19-5-3-2-4-6-19)32-29(37)40-21-9-10-41(38,39)17-21/h2-8,11,20-21,24-25,27,34H,9-10,12-17H2,1H3,(H,30,35)(H,31,36)(H,32,37)/t20?,21-,24-,25+,27-/m0/s1. The van der Waals surface area contributed by atoms with Crippen LogP contribution in [-0.2, 0) is 30.6 Å². The van der Waals surface area contributed by atoms with Crippen LogP contribution in [0.4, 0.5) is 10.5 Å². The lowest BCUT2D eigenvalue weighted by Gasteiger charge is -2.34. The van der Waals surface area contributed by atoms with Gasteiger partial charge in [0.05, 0.1) is 23.7 Å². The zero-order valence-corrected chi connectivity index (χ0v) is 23.7. The first-order valence-corrected chi connectivity index (χ1v) is 15.7. The molecule has 0 aromatic heterocycles. The molecule has 11 nitrogen and oxygen atoms in total. The molecule has 2 saturated heterocycles. The van der Waals surface area contributed by atoms with Crippen molar-refractivity contribution in [1.82, 2.24) is 15.5 Å². The van der Waals surface area contributed by atoms with Crippen LogP contribution in [0.25, 0.3) is 0 Å². The van der Waals surface area contributed by atoms with Gasteiger partial charge in [-0.25, -0.2) is 13.2 Å². The number of ether oxygens (including phenoxy) is 1. The molecule has 0 radical (unpaired) electrons. The first-order valence-electron chi connectivity index (χ1n) is 13.9. The number of carbonyl (C=O) groups excluding carboxylic acids is 3. The molecule has 3 amide bonds. The van der Waals surface area contributed by atoms with Crippen molar-refractivity contribution >= 4 is 33.4 Å². The molecule has 5 atom stereocenters. The minimum atomic E-state index is -3.24. The van der Waals surface area contributed by atoms with Crippen molar-refractivity contribution in [2.24, 2.45) is 5.92 Å². The van der Waals surface area contributed by atoms with Gasteiger partial charge in [0, 0.05) is 37.3 Å². The Hall–Kier alpha value is -3.48. The summed E-state index contributed by atoms with van der Waals surface area (Å²) in [6.07, 6.45) is -1.82. The molecule has 3 heterocycles. The van der Waals surface area contributed by atoms with Crippen molar-refractivity contribution in [1.29, 1.82) is 0 Å². The van der Waals surface area contributed by atoms with E-state index in [0.29, 0.717) is 25.2 Å². The average molecular weight is 585 g/mol. The van der Waals surface area contributed by atoms with E-state index in [0.717, 1.165) is 16.7 Å². The highest BCUT2D eigenvalue weighted by Gasteiger charge is 2.39. The van der Waals surface area contributed by atoms with Crippen LogP contribution in [0.1, 0.15) is 35.6 Å². The molecule has 0 spiro atoms. The van der Waals surface area contributed by atoms with Gasteiger partial charge in [-0.1, -0.05) is 42.5 Å². The molecular formula is C29H36N4O7S. The number of rotatable bonds is 10. The van der Waals surface area contributed by atoms with E-state index in [1.807, 2.05) is 60.4 Å². The Bertz CT molecular complexity index is 1400. The molecule has 12 heteroatoms. The second-order valence-electron chi connectivity index (χ2n) is 11.2. The summed E-state index contributed by atoms with van der Waals surface area (Å²) in [4.78, 5) is 39.9. The van der Waals surface area contributed by atoms with Crippen LogP contribution in [0.15, 0.2) is 48.5 Å². The highest BCUT2D eigenvalue weighted by atomic mass is 32.2. The van der Waals surface area contributed by atoms with Gasteiger partial charge in [0.1, 0.15) is 12.1 Å². The number of benzene rings is 2. The van der Waals surface area contributed by atoms with Crippen LogP contribution < -0.4 is 16.0 Å². The van der Waals surface area contributed by atoms with Gasteiger partial charge in [0.2, 0.25) is 11.8 Å². The molecule has 2 fully saturated rings. The Kier molecular flexibility index (Phi) is 8.62. The van der Waals surface area contributed by atoms with E-state index in [1.54, 1.807) is 0 Å². The monoisotopic (exact) mass is 584 g/mol. The van der Waals surface area contributed by atoms with E-state index in [1.165, 1.54) is 0 Å². The fourth-order valence-electron chi connectivity index (χ4n) is 5.84.